The van der Waals surface area contributed by atoms with Crippen molar-refractivity contribution in [3.8, 4) is 0 Å². The fraction of sp³-hybridized carbons (Fsp3) is 1.00. The third-order valence-corrected chi connectivity index (χ3v) is 1.62. The van der Waals surface area contributed by atoms with Crippen LogP contribution in [0.3, 0.4) is 0 Å². The highest BCUT2D eigenvalue weighted by Crippen LogP contribution is 2.23. The molecule has 0 saturated carbocycles. The van der Waals surface area contributed by atoms with Gasteiger partial charge in [-0.3, -0.25) is 0 Å². The van der Waals surface area contributed by atoms with Crippen molar-refractivity contribution in [2.24, 2.45) is 5.41 Å². The molecule has 9 heavy (non-hydrogen) atoms. The molecule has 1 nitrogen and oxygen atoms in total. The van der Waals surface area contributed by atoms with Crippen LogP contribution in [0.2, 0.25) is 0 Å². The average molecular weight is 130 g/mol. The van der Waals surface area contributed by atoms with Gasteiger partial charge in [-0.25, -0.2) is 0 Å². The highest BCUT2D eigenvalue weighted by atomic mass is 16.5. The summed E-state index contributed by atoms with van der Waals surface area (Å²) in [6, 6.07) is 0. The van der Waals surface area contributed by atoms with Crippen molar-refractivity contribution in [1.82, 2.24) is 0 Å². The first-order chi connectivity index (χ1) is 4.02. The molecule has 0 N–H and O–H groups in total. The van der Waals surface area contributed by atoms with E-state index in [2.05, 4.69) is 27.7 Å². The van der Waals surface area contributed by atoms with Crippen molar-refractivity contribution < 1.29 is 4.74 Å². The van der Waals surface area contributed by atoms with E-state index in [1.54, 1.807) is 7.11 Å². The SMILES string of the molecule is CCC(OC)C(C)(C)C. The predicted octanol–water partition coefficient (Wildman–Crippen LogP) is 2.46. The van der Waals surface area contributed by atoms with Crippen LogP contribution in [-0.2, 0) is 4.74 Å². The smallest absolute Gasteiger partial charge is 0.0617 e. The van der Waals surface area contributed by atoms with Gasteiger partial charge in [-0.2, -0.15) is 0 Å². The molecule has 0 bridgehead atoms. The Morgan fingerprint density at radius 2 is 1.78 bits per heavy atom. The van der Waals surface area contributed by atoms with E-state index in [-0.39, 0.29) is 0 Å². The highest BCUT2D eigenvalue weighted by Gasteiger charge is 2.21. The molecule has 56 valence electrons. The zero-order valence-corrected chi connectivity index (χ0v) is 7.19. The van der Waals surface area contributed by atoms with Crippen molar-refractivity contribution in [2.75, 3.05) is 7.11 Å². The van der Waals surface area contributed by atoms with Crippen LogP contribution in [0.5, 0.6) is 0 Å². The van der Waals surface area contributed by atoms with Crippen LogP contribution in [0.25, 0.3) is 0 Å². The summed E-state index contributed by atoms with van der Waals surface area (Å²) in [6.07, 6.45) is 1.50. The van der Waals surface area contributed by atoms with Crippen LogP contribution >= 0.6 is 0 Å². The summed E-state index contributed by atoms with van der Waals surface area (Å²) in [7, 11) is 1.78. The Morgan fingerprint density at radius 3 is 1.78 bits per heavy atom. The number of methoxy groups -OCH3 is 1. The Hall–Kier alpha value is -0.0400. The lowest BCUT2D eigenvalue weighted by molar-refractivity contribution is 0.0143. The molecule has 0 aromatic heterocycles. The van der Waals surface area contributed by atoms with Crippen LogP contribution in [0.15, 0.2) is 0 Å². The summed E-state index contributed by atoms with van der Waals surface area (Å²) in [5.41, 5.74) is 0.295. The van der Waals surface area contributed by atoms with E-state index < -0.39 is 0 Å². The first-order valence-electron chi connectivity index (χ1n) is 3.55. The summed E-state index contributed by atoms with van der Waals surface area (Å²) in [6.45, 7) is 8.75. The quantitative estimate of drug-likeness (QED) is 0.558. The second-order valence-corrected chi connectivity index (χ2v) is 3.50. The van der Waals surface area contributed by atoms with Crippen molar-refractivity contribution in [1.29, 1.82) is 0 Å². The van der Waals surface area contributed by atoms with E-state index in [9.17, 15) is 0 Å². The molecule has 0 aliphatic rings. The molecule has 0 aromatic rings. The van der Waals surface area contributed by atoms with E-state index in [4.69, 9.17) is 4.74 Å². The Bertz CT molecular complexity index is 67.1. The molecule has 0 aliphatic heterocycles. The Morgan fingerprint density at radius 1 is 1.33 bits per heavy atom. The largest absolute Gasteiger partial charge is 0.381 e. The van der Waals surface area contributed by atoms with Crippen molar-refractivity contribution in [3.63, 3.8) is 0 Å². The number of hydrogen-bond donors (Lipinski definition) is 0. The van der Waals surface area contributed by atoms with Crippen molar-refractivity contribution >= 4 is 0 Å². The van der Waals surface area contributed by atoms with Gasteiger partial charge in [-0.1, -0.05) is 27.7 Å². The number of ether oxygens (including phenoxy) is 1. The lowest BCUT2D eigenvalue weighted by Gasteiger charge is -2.27. The van der Waals surface area contributed by atoms with E-state index >= 15 is 0 Å². The molecule has 0 saturated heterocycles. The molecular weight excluding hydrogens is 112 g/mol. The van der Waals surface area contributed by atoms with Gasteiger partial charge in [0.15, 0.2) is 0 Å². The normalized spacial score (nSPS) is 15.7. The van der Waals surface area contributed by atoms with E-state index in [1.165, 1.54) is 0 Å². The molecule has 1 heteroatoms. The maximum Gasteiger partial charge on any atom is 0.0617 e. The van der Waals surface area contributed by atoms with Crippen LogP contribution in [-0.4, -0.2) is 13.2 Å². The second-order valence-electron chi connectivity index (χ2n) is 3.50. The minimum Gasteiger partial charge on any atom is -0.381 e. The maximum absolute atomic E-state index is 5.26. The predicted molar refractivity (Wildman–Crippen MR) is 40.5 cm³/mol. The van der Waals surface area contributed by atoms with Gasteiger partial charge in [-0.05, 0) is 11.8 Å². The molecule has 0 radical (unpaired) electrons. The number of hydrogen-bond acceptors (Lipinski definition) is 1. The van der Waals surface area contributed by atoms with Gasteiger partial charge in [0.2, 0.25) is 0 Å². The lowest BCUT2D eigenvalue weighted by Crippen LogP contribution is -2.27. The average Bonchev–Trinajstić information content (AvgIpc) is 1.65. The molecular formula is C8H18O. The summed E-state index contributed by atoms with van der Waals surface area (Å²) in [5, 5.41) is 0. The van der Waals surface area contributed by atoms with Gasteiger partial charge in [-0.15, -0.1) is 0 Å². The van der Waals surface area contributed by atoms with Gasteiger partial charge >= 0.3 is 0 Å². The standard InChI is InChI=1S/C8H18O/c1-6-7(9-5)8(2,3)4/h7H,6H2,1-5H3. The molecule has 0 aromatic carbocycles. The van der Waals surface area contributed by atoms with Crippen LogP contribution in [0.1, 0.15) is 34.1 Å². The number of rotatable bonds is 2. The van der Waals surface area contributed by atoms with E-state index in [0.717, 1.165) is 6.42 Å². The highest BCUT2D eigenvalue weighted by molar-refractivity contribution is 4.71. The summed E-state index contributed by atoms with van der Waals surface area (Å²) >= 11 is 0. The summed E-state index contributed by atoms with van der Waals surface area (Å²) in [5.74, 6) is 0. The first kappa shape index (κ1) is 8.96. The zero-order chi connectivity index (χ0) is 7.49. The fourth-order valence-electron chi connectivity index (χ4n) is 1.13. The molecule has 1 unspecified atom stereocenters. The first-order valence-corrected chi connectivity index (χ1v) is 3.55. The monoisotopic (exact) mass is 130 g/mol. The maximum atomic E-state index is 5.26. The molecule has 0 heterocycles. The van der Waals surface area contributed by atoms with Gasteiger partial charge in [0.25, 0.3) is 0 Å². The Kier molecular flexibility index (Phi) is 3.20. The minimum atomic E-state index is 0.295. The summed E-state index contributed by atoms with van der Waals surface area (Å²) < 4.78 is 5.26. The van der Waals surface area contributed by atoms with E-state index in [1.807, 2.05) is 0 Å². The van der Waals surface area contributed by atoms with Gasteiger partial charge in [0.1, 0.15) is 0 Å². The van der Waals surface area contributed by atoms with Crippen LogP contribution in [0.4, 0.5) is 0 Å². The Balaban J connectivity index is 3.79. The van der Waals surface area contributed by atoms with Crippen molar-refractivity contribution in [3.05, 3.63) is 0 Å². The summed E-state index contributed by atoms with van der Waals surface area (Å²) in [4.78, 5) is 0. The zero-order valence-electron chi connectivity index (χ0n) is 7.19. The van der Waals surface area contributed by atoms with Gasteiger partial charge < -0.3 is 4.74 Å². The van der Waals surface area contributed by atoms with Crippen LogP contribution in [0, 0.1) is 5.41 Å². The molecule has 0 rings (SSSR count). The topological polar surface area (TPSA) is 9.23 Å². The molecule has 1 atom stereocenters. The molecule has 0 amide bonds. The van der Waals surface area contributed by atoms with Gasteiger partial charge in [0.05, 0.1) is 6.10 Å². The third-order valence-electron chi connectivity index (χ3n) is 1.62. The molecule has 0 spiro atoms. The van der Waals surface area contributed by atoms with Crippen molar-refractivity contribution in [2.45, 2.75) is 40.2 Å². The fourth-order valence-corrected chi connectivity index (χ4v) is 1.13. The minimum absolute atomic E-state index is 0.295. The molecule has 0 fully saturated rings. The second kappa shape index (κ2) is 3.21. The van der Waals surface area contributed by atoms with Crippen LogP contribution < -0.4 is 0 Å². The Labute approximate surface area is 58.4 Å². The molecule has 0 aliphatic carbocycles. The lowest BCUT2D eigenvalue weighted by atomic mass is 9.87. The van der Waals surface area contributed by atoms with Gasteiger partial charge in [0, 0.05) is 7.11 Å². The van der Waals surface area contributed by atoms with E-state index in [0.29, 0.717) is 11.5 Å². The third kappa shape index (κ3) is 2.85.